The quantitative estimate of drug-likeness (QED) is 0.663. The molecule has 0 heterocycles. The fourth-order valence-electron chi connectivity index (χ4n) is 3.22. The minimum Gasteiger partial charge on any atom is -0.495 e. The molecule has 1 N–H and O–H groups in total. The third-order valence-electron chi connectivity index (χ3n) is 4.46. The van der Waals surface area contributed by atoms with E-state index in [0.29, 0.717) is 17.9 Å². The fraction of sp³-hybridized carbons (Fsp3) is 0.632. The van der Waals surface area contributed by atoms with Crippen molar-refractivity contribution in [2.75, 3.05) is 17.7 Å². The third-order valence-corrected chi connectivity index (χ3v) is 5.94. The number of benzene rings is 1. The first kappa shape index (κ1) is 23.6. The van der Waals surface area contributed by atoms with E-state index in [0.717, 1.165) is 10.6 Å². The number of amides is 1. The summed E-state index contributed by atoms with van der Waals surface area (Å²) < 4.78 is 31.3. The third kappa shape index (κ3) is 6.01. The number of nitrogens with one attached hydrogen (secondary N) is 1. The highest BCUT2D eigenvalue weighted by atomic mass is 35.5. The number of anilines is 1. The van der Waals surface area contributed by atoms with Gasteiger partial charge in [0.15, 0.2) is 0 Å². The molecule has 0 bridgehead atoms. The number of ether oxygens (including phenoxy) is 1. The van der Waals surface area contributed by atoms with Gasteiger partial charge in [-0.05, 0) is 36.5 Å². The van der Waals surface area contributed by atoms with Crippen molar-refractivity contribution in [1.82, 2.24) is 5.32 Å². The van der Waals surface area contributed by atoms with E-state index in [2.05, 4.69) is 5.32 Å². The molecule has 0 unspecified atom stereocenters. The van der Waals surface area contributed by atoms with Gasteiger partial charge >= 0.3 is 0 Å². The lowest BCUT2D eigenvalue weighted by molar-refractivity contribution is -0.123. The summed E-state index contributed by atoms with van der Waals surface area (Å²) in [7, 11) is -2.23. The average molecular weight is 419 g/mol. The summed E-state index contributed by atoms with van der Waals surface area (Å²) in [6.45, 7) is 9.91. The van der Waals surface area contributed by atoms with Crippen LogP contribution in [0.1, 0.15) is 41.0 Å². The second-order valence-electron chi connectivity index (χ2n) is 7.32. The largest absolute Gasteiger partial charge is 0.495 e. The molecule has 0 saturated carbocycles. The second-order valence-corrected chi connectivity index (χ2v) is 9.59. The molecule has 0 aliphatic rings. The number of sulfonamides is 1. The molecule has 1 amide bonds. The molecule has 6 nitrogen and oxygen atoms in total. The SMILES string of the molecule is CC[C@@H](C(=O)NC(C(C)C)C(C)C)N(c1ccc(OC)c(Cl)c1)S(C)(=O)=O. The van der Waals surface area contributed by atoms with E-state index < -0.39 is 16.1 Å². The maximum Gasteiger partial charge on any atom is 0.244 e. The predicted octanol–water partition coefficient (Wildman–Crippen LogP) is 3.69. The molecule has 1 atom stereocenters. The van der Waals surface area contributed by atoms with E-state index in [-0.39, 0.29) is 28.8 Å². The van der Waals surface area contributed by atoms with Crippen LogP contribution in [-0.2, 0) is 14.8 Å². The van der Waals surface area contributed by atoms with Crippen molar-refractivity contribution < 1.29 is 17.9 Å². The second kappa shape index (κ2) is 9.64. The van der Waals surface area contributed by atoms with Gasteiger partial charge in [-0.1, -0.05) is 46.2 Å². The summed E-state index contributed by atoms with van der Waals surface area (Å²) in [6, 6.07) is 3.76. The minimum absolute atomic E-state index is 0.0487. The number of rotatable bonds is 9. The zero-order chi connectivity index (χ0) is 20.9. The van der Waals surface area contributed by atoms with Crippen molar-refractivity contribution in [2.45, 2.75) is 53.1 Å². The topological polar surface area (TPSA) is 75.7 Å². The predicted molar refractivity (Wildman–Crippen MR) is 111 cm³/mol. The molecule has 1 rings (SSSR count). The van der Waals surface area contributed by atoms with Crippen LogP contribution in [0.25, 0.3) is 0 Å². The molecule has 0 spiro atoms. The Morgan fingerprint density at radius 1 is 1.22 bits per heavy atom. The molecule has 27 heavy (non-hydrogen) atoms. The van der Waals surface area contributed by atoms with Gasteiger partial charge in [0.1, 0.15) is 11.8 Å². The Bertz CT molecular complexity index is 742. The highest BCUT2D eigenvalue weighted by Crippen LogP contribution is 2.32. The summed E-state index contributed by atoms with van der Waals surface area (Å²) in [5, 5.41) is 3.30. The van der Waals surface area contributed by atoms with Gasteiger partial charge < -0.3 is 10.1 Å². The number of halogens is 1. The monoisotopic (exact) mass is 418 g/mol. The maximum absolute atomic E-state index is 13.0. The van der Waals surface area contributed by atoms with Gasteiger partial charge in [-0.15, -0.1) is 0 Å². The summed E-state index contributed by atoms with van der Waals surface area (Å²) >= 11 is 6.17. The Labute approximate surface area is 168 Å². The normalized spacial score (nSPS) is 13.1. The van der Waals surface area contributed by atoms with Crippen LogP contribution >= 0.6 is 11.6 Å². The summed E-state index contributed by atoms with van der Waals surface area (Å²) in [5.41, 5.74) is 0.330. The zero-order valence-electron chi connectivity index (χ0n) is 17.1. The van der Waals surface area contributed by atoms with Crippen LogP contribution in [0.5, 0.6) is 5.75 Å². The van der Waals surface area contributed by atoms with Crippen LogP contribution in [0.4, 0.5) is 5.69 Å². The summed E-state index contributed by atoms with van der Waals surface area (Å²) in [4.78, 5) is 13.0. The summed E-state index contributed by atoms with van der Waals surface area (Å²) in [6.07, 6.45) is 1.41. The van der Waals surface area contributed by atoms with Gasteiger partial charge in [-0.25, -0.2) is 8.42 Å². The van der Waals surface area contributed by atoms with E-state index in [9.17, 15) is 13.2 Å². The van der Waals surface area contributed by atoms with Crippen molar-refractivity contribution in [1.29, 1.82) is 0 Å². The number of carbonyl (C=O) groups is 1. The number of hydrogen-bond acceptors (Lipinski definition) is 4. The lowest BCUT2D eigenvalue weighted by Crippen LogP contribution is -2.53. The smallest absolute Gasteiger partial charge is 0.244 e. The highest BCUT2D eigenvalue weighted by Gasteiger charge is 2.33. The molecule has 154 valence electrons. The van der Waals surface area contributed by atoms with Crippen molar-refractivity contribution in [2.24, 2.45) is 11.8 Å². The molecule has 1 aromatic carbocycles. The van der Waals surface area contributed by atoms with Gasteiger partial charge in [0, 0.05) is 6.04 Å². The van der Waals surface area contributed by atoms with E-state index in [1.54, 1.807) is 19.1 Å². The lowest BCUT2D eigenvalue weighted by atomic mass is 9.93. The van der Waals surface area contributed by atoms with E-state index >= 15 is 0 Å². The van der Waals surface area contributed by atoms with E-state index in [4.69, 9.17) is 16.3 Å². The van der Waals surface area contributed by atoms with Crippen molar-refractivity contribution in [3.8, 4) is 5.75 Å². The highest BCUT2D eigenvalue weighted by molar-refractivity contribution is 7.92. The molecule has 1 aromatic rings. The first-order valence-corrected chi connectivity index (χ1v) is 11.3. The molecule has 0 aliphatic carbocycles. The van der Waals surface area contributed by atoms with Crippen LogP contribution in [0, 0.1) is 11.8 Å². The molecule has 0 fully saturated rings. The van der Waals surface area contributed by atoms with E-state index in [1.165, 1.54) is 13.2 Å². The lowest BCUT2D eigenvalue weighted by Gasteiger charge is -2.33. The van der Waals surface area contributed by atoms with Gasteiger partial charge in [0.05, 0.1) is 24.1 Å². The van der Waals surface area contributed by atoms with Gasteiger partial charge in [0.25, 0.3) is 0 Å². The van der Waals surface area contributed by atoms with Gasteiger partial charge in [-0.3, -0.25) is 9.10 Å². The Kier molecular flexibility index (Phi) is 8.42. The van der Waals surface area contributed by atoms with Crippen LogP contribution in [-0.4, -0.2) is 39.8 Å². The van der Waals surface area contributed by atoms with Crippen molar-refractivity contribution in [3.05, 3.63) is 23.2 Å². The number of nitrogens with zero attached hydrogens (tertiary/aromatic N) is 1. The molecule has 0 radical (unpaired) electrons. The molecule has 0 aromatic heterocycles. The van der Waals surface area contributed by atoms with Crippen LogP contribution in [0.15, 0.2) is 18.2 Å². The van der Waals surface area contributed by atoms with Crippen LogP contribution < -0.4 is 14.4 Å². The minimum atomic E-state index is -3.71. The molecule has 8 heteroatoms. The Morgan fingerprint density at radius 3 is 2.15 bits per heavy atom. The van der Waals surface area contributed by atoms with Crippen LogP contribution in [0.3, 0.4) is 0 Å². The summed E-state index contributed by atoms with van der Waals surface area (Å²) in [5.74, 6) is 0.579. The molecule has 0 saturated heterocycles. The molecule has 0 aliphatic heterocycles. The zero-order valence-corrected chi connectivity index (χ0v) is 18.7. The first-order valence-electron chi connectivity index (χ1n) is 9.07. The molecular weight excluding hydrogens is 388 g/mol. The van der Waals surface area contributed by atoms with Gasteiger partial charge in [-0.2, -0.15) is 0 Å². The van der Waals surface area contributed by atoms with Crippen molar-refractivity contribution >= 4 is 33.2 Å². The number of hydrogen-bond donors (Lipinski definition) is 1. The maximum atomic E-state index is 13.0. The number of methoxy groups -OCH3 is 1. The van der Waals surface area contributed by atoms with Gasteiger partial charge in [0.2, 0.25) is 15.9 Å². The first-order chi connectivity index (χ1) is 12.4. The van der Waals surface area contributed by atoms with E-state index in [1.807, 2.05) is 27.7 Å². The van der Waals surface area contributed by atoms with Crippen LogP contribution in [0.2, 0.25) is 5.02 Å². The van der Waals surface area contributed by atoms with Crippen molar-refractivity contribution in [3.63, 3.8) is 0 Å². The Morgan fingerprint density at radius 2 is 1.78 bits per heavy atom. The average Bonchev–Trinajstić information content (AvgIpc) is 2.55. The Balaban J connectivity index is 3.32. The molecular formula is C19H31ClN2O4S. The standard InChI is InChI=1S/C19H31ClN2O4S/c1-8-16(19(23)21-18(12(2)3)13(4)5)22(27(7,24)25)14-9-10-17(26-6)15(20)11-14/h9-13,16,18H,8H2,1-7H3,(H,21,23)/t16-/m0/s1. The fourth-order valence-corrected chi connectivity index (χ4v) is 4.67. The number of carbonyl (C=O) groups excluding carboxylic acids is 1. The Hall–Kier alpha value is -1.47.